The summed E-state index contributed by atoms with van der Waals surface area (Å²) in [6, 6.07) is 9.73. The molecular formula is C20H26IN5S. The zero-order valence-corrected chi connectivity index (χ0v) is 19.0. The lowest BCUT2D eigenvalue weighted by atomic mass is 10.0. The van der Waals surface area contributed by atoms with Gasteiger partial charge in [-0.15, -0.1) is 35.3 Å². The number of halogens is 1. The topological polar surface area (TPSA) is 64.3 Å². The minimum atomic E-state index is 0. The Morgan fingerprint density at radius 2 is 2.04 bits per heavy atom. The molecular weight excluding hydrogens is 469 g/mol. The van der Waals surface area contributed by atoms with Crippen LogP contribution >= 0.6 is 35.3 Å². The average Bonchev–Trinajstić information content (AvgIpc) is 3.07. The van der Waals surface area contributed by atoms with E-state index in [-0.39, 0.29) is 24.0 Å². The molecule has 0 aliphatic heterocycles. The molecule has 0 amide bonds. The van der Waals surface area contributed by atoms with Crippen molar-refractivity contribution in [2.24, 2.45) is 4.99 Å². The highest BCUT2D eigenvalue weighted by atomic mass is 127. The van der Waals surface area contributed by atoms with Crippen LogP contribution in [0.1, 0.15) is 46.5 Å². The Morgan fingerprint density at radius 1 is 1.30 bits per heavy atom. The highest BCUT2D eigenvalue weighted by Gasteiger charge is 2.16. The smallest absolute Gasteiger partial charge is 0.194 e. The second-order valence-corrected chi connectivity index (χ2v) is 7.69. The molecule has 144 valence electrons. The lowest BCUT2D eigenvalue weighted by Gasteiger charge is -2.21. The maximum Gasteiger partial charge on any atom is 0.194 e. The van der Waals surface area contributed by atoms with Crippen molar-refractivity contribution >= 4 is 41.3 Å². The molecule has 0 fully saturated rings. The number of thiazole rings is 1. The molecule has 0 unspecified atom stereocenters. The van der Waals surface area contributed by atoms with E-state index >= 15 is 0 Å². The summed E-state index contributed by atoms with van der Waals surface area (Å²) in [4.78, 5) is 13.2. The van der Waals surface area contributed by atoms with E-state index in [0.717, 1.165) is 31.0 Å². The molecule has 0 saturated heterocycles. The van der Waals surface area contributed by atoms with Crippen LogP contribution in [0.2, 0.25) is 0 Å². The number of fused-ring (bicyclic) bond motifs is 1. The van der Waals surface area contributed by atoms with Crippen molar-refractivity contribution < 1.29 is 0 Å². The molecule has 0 bridgehead atoms. The maximum absolute atomic E-state index is 8.89. The Balaban J connectivity index is 0.00000261. The van der Waals surface area contributed by atoms with Crippen molar-refractivity contribution in [2.45, 2.75) is 45.7 Å². The van der Waals surface area contributed by atoms with Crippen LogP contribution in [0.15, 0.2) is 29.3 Å². The Labute approximate surface area is 182 Å². The van der Waals surface area contributed by atoms with Crippen LogP contribution in [-0.4, -0.2) is 29.4 Å². The highest BCUT2D eigenvalue weighted by molar-refractivity contribution is 14.0. The van der Waals surface area contributed by atoms with Crippen LogP contribution in [0.5, 0.6) is 0 Å². The van der Waals surface area contributed by atoms with E-state index in [2.05, 4.69) is 30.3 Å². The van der Waals surface area contributed by atoms with Gasteiger partial charge in [-0.3, -0.25) is 0 Å². The first-order valence-electron chi connectivity index (χ1n) is 9.15. The number of aryl methyl sites for hydroxylation is 2. The van der Waals surface area contributed by atoms with Crippen molar-refractivity contribution in [3.8, 4) is 6.07 Å². The largest absolute Gasteiger partial charge is 0.357 e. The zero-order chi connectivity index (χ0) is 18.4. The first-order chi connectivity index (χ1) is 12.7. The van der Waals surface area contributed by atoms with E-state index in [9.17, 15) is 0 Å². The lowest BCUT2D eigenvalue weighted by molar-refractivity contribution is 0.474. The molecule has 1 aromatic carbocycles. The van der Waals surface area contributed by atoms with Crippen LogP contribution < -0.4 is 5.32 Å². The van der Waals surface area contributed by atoms with E-state index in [4.69, 9.17) is 15.2 Å². The quantitative estimate of drug-likeness (QED) is 0.385. The summed E-state index contributed by atoms with van der Waals surface area (Å²) >= 11 is 1.85. The van der Waals surface area contributed by atoms with Crippen molar-refractivity contribution in [1.29, 1.82) is 5.26 Å². The number of rotatable bonds is 5. The maximum atomic E-state index is 8.89. The van der Waals surface area contributed by atoms with Crippen LogP contribution in [0.3, 0.4) is 0 Å². The summed E-state index contributed by atoms with van der Waals surface area (Å²) < 4.78 is 0. The van der Waals surface area contributed by atoms with Gasteiger partial charge in [-0.1, -0.05) is 12.1 Å². The lowest BCUT2D eigenvalue weighted by Crippen LogP contribution is -2.38. The van der Waals surface area contributed by atoms with E-state index < -0.39 is 0 Å². The van der Waals surface area contributed by atoms with Gasteiger partial charge in [0.1, 0.15) is 5.01 Å². The molecule has 1 aromatic heterocycles. The standard InChI is InChI=1S/C20H25N5S.HI/c1-3-22-20(23-13-16-10-8-15(12-21)9-11-16)25(2)14-19-24-17-6-4-5-7-18(17)26-19;/h8-11H,3-7,13-14H2,1-2H3,(H,22,23);1H. The van der Waals surface area contributed by atoms with Crippen molar-refractivity contribution in [3.63, 3.8) is 0 Å². The summed E-state index contributed by atoms with van der Waals surface area (Å²) in [7, 11) is 2.06. The molecule has 7 heteroatoms. The van der Waals surface area contributed by atoms with Crippen molar-refractivity contribution in [3.05, 3.63) is 51.0 Å². The second-order valence-electron chi connectivity index (χ2n) is 6.52. The van der Waals surface area contributed by atoms with Crippen LogP contribution in [0.25, 0.3) is 0 Å². The normalized spacial score (nSPS) is 13.3. The number of nitrogens with one attached hydrogen (secondary N) is 1. The second kappa shape index (κ2) is 10.6. The van der Waals surface area contributed by atoms with Gasteiger partial charge in [-0.2, -0.15) is 5.26 Å². The average molecular weight is 495 g/mol. The van der Waals surface area contributed by atoms with Gasteiger partial charge in [0, 0.05) is 18.5 Å². The molecule has 0 spiro atoms. The molecule has 27 heavy (non-hydrogen) atoms. The number of hydrogen-bond acceptors (Lipinski definition) is 4. The van der Waals surface area contributed by atoms with Gasteiger partial charge in [0.15, 0.2) is 5.96 Å². The summed E-state index contributed by atoms with van der Waals surface area (Å²) in [6.45, 7) is 4.27. The Hall–Kier alpha value is -1.66. The molecule has 1 heterocycles. The number of benzene rings is 1. The van der Waals surface area contributed by atoms with E-state index in [1.54, 1.807) is 0 Å². The molecule has 1 N–H and O–H groups in total. The summed E-state index contributed by atoms with van der Waals surface area (Å²) in [5.41, 5.74) is 3.08. The Bertz CT molecular complexity index is 783. The summed E-state index contributed by atoms with van der Waals surface area (Å²) in [5, 5.41) is 13.4. The number of hydrogen-bond donors (Lipinski definition) is 1. The van der Waals surface area contributed by atoms with E-state index in [1.807, 2.05) is 35.6 Å². The molecule has 1 aliphatic carbocycles. The van der Waals surface area contributed by atoms with Gasteiger partial charge < -0.3 is 10.2 Å². The molecule has 2 aromatic rings. The first kappa shape index (κ1) is 21.6. The minimum absolute atomic E-state index is 0. The first-order valence-corrected chi connectivity index (χ1v) is 9.97. The van der Waals surface area contributed by atoms with Gasteiger partial charge in [-0.05, 0) is 50.3 Å². The number of guanidine groups is 1. The number of aromatic nitrogens is 1. The predicted molar refractivity (Wildman–Crippen MR) is 122 cm³/mol. The monoisotopic (exact) mass is 495 g/mol. The van der Waals surface area contributed by atoms with Crippen molar-refractivity contribution in [2.75, 3.05) is 13.6 Å². The number of aliphatic imine (C=N–C) groups is 1. The molecule has 0 atom stereocenters. The van der Waals surface area contributed by atoms with Gasteiger partial charge >= 0.3 is 0 Å². The molecule has 0 saturated carbocycles. The fraction of sp³-hybridized carbons (Fsp3) is 0.450. The molecule has 1 aliphatic rings. The Kier molecular flexibility index (Phi) is 8.51. The minimum Gasteiger partial charge on any atom is -0.357 e. The van der Waals surface area contributed by atoms with Gasteiger partial charge in [-0.25, -0.2) is 9.98 Å². The third kappa shape index (κ3) is 5.91. The predicted octanol–water partition coefficient (Wildman–Crippen LogP) is 4.11. The summed E-state index contributed by atoms with van der Waals surface area (Å²) in [5.74, 6) is 0.880. The fourth-order valence-electron chi connectivity index (χ4n) is 3.07. The van der Waals surface area contributed by atoms with Crippen LogP contribution in [0.4, 0.5) is 0 Å². The SMILES string of the molecule is CCNC(=NCc1ccc(C#N)cc1)N(C)Cc1nc2c(s1)CCCC2.I. The van der Waals surface area contributed by atoms with Crippen molar-refractivity contribution in [1.82, 2.24) is 15.2 Å². The van der Waals surface area contributed by atoms with Gasteiger partial charge in [0.05, 0.1) is 30.4 Å². The van der Waals surface area contributed by atoms with E-state index in [0.29, 0.717) is 12.1 Å². The van der Waals surface area contributed by atoms with Gasteiger partial charge in [0.25, 0.3) is 0 Å². The Morgan fingerprint density at radius 3 is 2.70 bits per heavy atom. The van der Waals surface area contributed by atoms with Gasteiger partial charge in [0.2, 0.25) is 0 Å². The van der Waals surface area contributed by atoms with Crippen LogP contribution in [0, 0.1) is 11.3 Å². The molecule has 0 radical (unpaired) electrons. The zero-order valence-electron chi connectivity index (χ0n) is 15.9. The molecule has 3 rings (SSSR count). The van der Waals surface area contributed by atoms with Crippen LogP contribution in [-0.2, 0) is 25.9 Å². The third-order valence-corrected chi connectivity index (χ3v) is 5.60. The number of nitrogens with zero attached hydrogens (tertiary/aromatic N) is 4. The summed E-state index contributed by atoms with van der Waals surface area (Å²) in [6.07, 6.45) is 4.87. The molecule has 5 nitrogen and oxygen atoms in total. The number of nitriles is 1. The third-order valence-electron chi connectivity index (χ3n) is 4.45. The van der Waals surface area contributed by atoms with E-state index in [1.165, 1.54) is 34.8 Å². The fourth-order valence-corrected chi connectivity index (χ4v) is 4.28. The highest BCUT2D eigenvalue weighted by Crippen LogP contribution is 2.27.